The molecule has 0 saturated heterocycles. The van der Waals surface area contributed by atoms with E-state index in [9.17, 15) is 9.59 Å². The second kappa shape index (κ2) is 10.7. The van der Waals surface area contributed by atoms with E-state index < -0.39 is 0 Å². The van der Waals surface area contributed by atoms with Gasteiger partial charge in [-0.2, -0.15) is 0 Å². The summed E-state index contributed by atoms with van der Waals surface area (Å²) in [4.78, 5) is 28.7. The molecule has 1 rings (SSSR count). The Morgan fingerprint density at radius 2 is 1.38 bits per heavy atom. The molecule has 0 bridgehead atoms. The molecule has 0 radical (unpaired) electrons. The first-order valence-electron chi connectivity index (χ1n) is 8.19. The number of ketones is 2. The smallest absolute Gasteiger partial charge is 0.167 e. The molecule has 0 aliphatic rings. The number of carbonyl (C=O) groups excluding carboxylic acids is 2. The number of hydrogen-bond donors (Lipinski definition) is 0. The second-order valence-corrected chi connectivity index (χ2v) is 6.30. The molecule has 0 heterocycles. The summed E-state index contributed by atoms with van der Waals surface area (Å²) in [6, 6.07) is 9.81. The van der Waals surface area contributed by atoms with E-state index in [1.54, 1.807) is 12.2 Å². The summed E-state index contributed by atoms with van der Waals surface area (Å²) in [7, 11) is 7.67. The number of rotatable bonds is 10. The van der Waals surface area contributed by atoms with Crippen LogP contribution in [0.4, 0.5) is 0 Å². The summed E-state index contributed by atoms with van der Waals surface area (Å²) >= 11 is 0. The molecule has 0 aliphatic heterocycles. The minimum atomic E-state index is -0.0924. The van der Waals surface area contributed by atoms with Gasteiger partial charge >= 0.3 is 0 Å². The van der Waals surface area contributed by atoms with Crippen LogP contribution in [0, 0.1) is 0 Å². The Hall–Kier alpha value is -2.04. The van der Waals surface area contributed by atoms with Crippen LogP contribution in [-0.2, 0) is 9.59 Å². The van der Waals surface area contributed by atoms with Crippen molar-refractivity contribution < 1.29 is 9.59 Å². The predicted octanol–water partition coefficient (Wildman–Crippen LogP) is 2.67. The van der Waals surface area contributed by atoms with Crippen LogP contribution in [0.3, 0.4) is 0 Å². The molecule has 0 atom stereocenters. The van der Waals surface area contributed by atoms with Crippen molar-refractivity contribution in [2.45, 2.75) is 12.8 Å². The third kappa shape index (κ3) is 7.99. The zero-order valence-electron chi connectivity index (χ0n) is 15.2. The molecule has 0 spiro atoms. The van der Waals surface area contributed by atoms with Gasteiger partial charge in [0.2, 0.25) is 0 Å². The number of allylic oxidation sites excluding steroid dienone is 3. The number of benzene rings is 1. The van der Waals surface area contributed by atoms with E-state index in [0.29, 0.717) is 31.5 Å². The minimum absolute atomic E-state index is 0.0924. The zero-order chi connectivity index (χ0) is 17.9. The van der Waals surface area contributed by atoms with Gasteiger partial charge in [0.05, 0.1) is 5.57 Å². The Morgan fingerprint density at radius 1 is 0.875 bits per heavy atom. The van der Waals surface area contributed by atoms with Crippen LogP contribution in [0.25, 0.3) is 6.08 Å². The van der Waals surface area contributed by atoms with Gasteiger partial charge in [-0.3, -0.25) is 9.59 Å². The average Bonchev–Trinajstić information content (AvgIpc) is 2.55. The number of hydrogen-bond acceptors (Lipinski definition) is 4. The van der Waals surface area contributed by atoms with Gasteiger partial charge in [-0.05, 0) is 39.8 Å². The van der Waals surface area contributed by atoms with Crippen LogP contribution in [-0.4, -0.2) is 62.6 Å². The van der Waals surface area contributed by atoms with Crippen LogP contribution >= 0.6 is 0 Å². The molecular formula is C20H28N2O2. The maximum atomic E-state index is 12.4. The molecule has 0 unspecified atom stereocenters. The fourth-order valence-corrected chi connectivity index (χ4v) is 2.08. The summed E-state index contributed by atoms with van der Waals surface area (Å²) in [6.45, 7) is 1.28. The predicted molar refractivity (Wildman–Crippen MR) is 99.9 cm³/mol. The lowest BCUT2D eigenvalue weighted by atomic mass is 10.0. The normalized spacial score (nSPS) is 11.2. The fourth-order valence-electron chi connectivity index (χ4n) is 2.08. The summed E-state index contributed by atoms with van der Waals surface area (Å²) in [5.74, 6) is -0.185. The van der Waals surface area contributed by atoms with Gasteiger partial charge in [-0.1, -0.05) is 42.5 Å². The SMILES string of the molecule is CN(C)CCC(=O)C(=CC=Cc1ccccc1)C(=O)CCN(C)C. The van der Waals surface area contributed by atoms with Gasteiger partial charge in [-0.25, -0.2) is 0 Å². The first-order valence-corrected chi connectivity index (χ1v) is 8.19. The first-order chi connectivity index (χ1) is 11.4. The number of Topliss-reactive ketones (excluding diaryl/α,β-unsaturated/α-hetero) is 2. The molecule has 0 fully saturated rings. The van der Waals surface area contributed by atoms with Crippen molar-refractivity contribution in [2.24, 2.45) is 0 Å². The first kappa shape index (κ1) is 20.0. The lowest BCUT2D eigenvalue weighted by molar-refractivity contribution is -0.121. The molecule has 0 N–H and O–H groups in total. The Kier molecular flexibility index (Phi) is 8.90. The molecule has 0 aliphatic carbocycles. The summed E-state index contributed by atoms with van der Waals surface area (Å²) in [5.41, 5.74) is 1.33. The van der Waals surface area contributed by atoms with Crippen molar-refractivity contribution in [3.05, 3.63) is 53.6 Å². The van der Waals surface area contributed by atoms with E-state index >= 15 is 0 Å². The average molecular weight is 328 g/mol. The molecular weight excluding hydrogens is 300 g/mol. The van der Waals surface area contributed by atoms with E-state index in [1.807, 2.05) is 74.4 Å². The van der Waals surface area contributed by atoms with Crippen molar-refractivity contribution in [2.75, 3.05) is 41.3 Å². The monoisotopic (exact) mass is 328 g/mol. The Morgan fingerprint density at radius 3 is 1.83 bits per heavy atom. The van der Waals surface area contributed by atoms with Crippen molar-refractivity contribution in [3.63, 3.8) is 0 Å². The van der Waals surface area contributed by atoms with E-state index in [0.717, 1.165) is 5.56 Å². The lowest BCUT2D eigenvalue weighted by Crippen LogP contribution is -2.23. The van der Waals surface area contributed by atoms with Gasteiger partial charge in [0.1, 0.15) is 0 Å². The van der Waals surface area contributed by atoms with E-state index in [-0.39, 0.29) is 11.6 Å². The number of nitrogens with zero attached hydrogens (tertiary/aromatic N) is 2. The van der Waals surface area contributed by atoms with Gasteiger partial charge in [-0.15, -0.1) is 0 Å². The standard InChI is InChI=1S/C20H28N2O2/c1-21(2)15-13-19(23)18(20(24)14-16-22(3)4)12-8-11-17-9-6-5-7-10-17/h5-12H,13-16H2,1-4H3. The van der Waals surface area contributed by atoms with Crippen LogP contribution < -0.4 is 0 Å². The van der Waals surface area contributed by atoms with Gasteiger partial charge in [0.25, 0.3) is 0 Å². The molecule has 4 heteroatoms. The maximum Gasteiger partial charge on any atom is 0.167 e. The minimum Gasteiger partial charge on any atom is -0.309 e. The van der Waals surface area contributed by atoms with Gasteiger partial charge < -0.3 is 9.80 Å². The Balaban J connectivity index is 2.86. The van der Waals surface area contributed by atoms with E-state index in [4.69, 9.17) is 0 Å². The van der Waals surface area contributed by atoms with Crippen LogP contribution in [0.2, 0.25) is 0 Å². The van der Waals surface area contributed by atoms with Crippen molar-refractivity contribution >= 4 is 17.6 Å². The molecule has 24 heavy (non-hydrogen) atoms. The molecule has 0 amide bonds. The molecule has 130 valence electrons. The van der Waals surface area contributed by atoms with Crippen LogP contribution in [0.1, 0.15) is 18.4 Å². The Labute approximate surface area is 145 Å². The maximum absolute atomic E-state index is 12.4. The van der Waals surface area contributed by atoms with E-state index in [2.05, 4.69) is 0 Å². The highest BCUT2D eigenvalue weighted by Gasteiger charge is 2.17. The second-order valence-electron chi connectivity index (χ2n) is 6.30. The third-order valence-electron chi connectivity index (χ3n) is 3.52. The van der Waals surface area contributed by atoms with Crippen LogP contribution in [0.5, 0.6) is 0 Å². The topological polar surface area (TPSA) is 40.6 Å². The largest absolute Gasteiger partial charge is 0.309 e. The number of carbonyl (C=O) groups is 2. The zero-order valence-corrected chi connectivity index (χ0v) is 15.2. The van der Waals surface area contributed by atoms with Crippen molar-refractivity contribution in [3.8, 4) is 0 Å². The van der Waals surface area contributed by atoms with Crippen LogP contribution in [0.15, 0.2) is 48.1 Å². The molecule has 4 nitrogen and oxygen atoms in total. The summed E-state index contributed by atoms with van der Waals surface area (Å²) in [5, 5.41) is 0. The highest BCUT2D eigenvalue weighted by Crippen LogP contribution is 2.09. The highest BCUT2D eigenvalue weighted by molar-refractivity contribution is 6.20. The van der Waals surface area contributed by atoms with Gasteiger partial charge in [0, 0.05) is 25.9 Å². The quantitative estimate of drug-likeness (QED) is 0.287. The molecule has 0 aromatic heterocycles. The summed E-state index contributed by atoms with van der Waals surface area (Å²) < 4.78 is 0. The fraction of sp³-hybridized carbons (Fsp3) is 0.400. The van der Waals surface area contributed by atoms with Crippen molar-refractivity contribution in [1.82, 2.24) is 9.80 Å². The highest BCUT2D eigenvalue weighted by atomic mass is 16.1. The third-order valence-corrected chi connectivity index (χ3v) is 3.52. The van der Waals surface area contributed by atoms with E-state index in [1.165, 1.54) is 0 Å². The van der Waals surface area contributed by atoms with Gasteiger partial charge in [0.15, 0.2) is 11.6 Å². The summed E-state index contributed by atoms with van der Waals surface area (Å²) in [6.07, 6.45) is 6.05. The lowest BCUT2D eigenvalue weighted by Gasteiger charge is -2.11. The molecule has 1 aromatic carbocycles. The molecule has 1 aromatic rings. The molecule has 0 saturated carbocycles. The van der Waals surface area contributed by atoms with Crippen molar-refractivity contribution in [1.29, 1.82) is 0 Å². The Bertz CT molecular complexity index is 561.